The highest BCUT2D eigenvalue weighted by atomic mass is 127. The molecule has 0 amide bonds. The van der Waals surface area contributed by atoms with Crippen molar-refractivity contribution in [2.24, 2.45) is 10.9 Å². The molecule has 2 aliphatic rings. The molecule has 0 aromatic heterocycles. The Labute approximate surface area is 184 Å². The Morgan fingerprint density at radius 2 is 2.07 bits per heavy atom. The fourth-order valence-corrected chi connectivity index (χ4v) is 3.54. The molecule has 0 bridgehead atoms. The summed E-state index contributed by atoms with van der Waals surface area (Å²) in [6, 6.07) is 6.95. The van der Waals surface area contributed by atoms with Gasteiger partial charge < -0.3 is 20.1 Å². The number of hydrogen-bond acceptors (Lipinski definition) is 3. The third kappa shape index (κ3) is 7.15. The summed E-state index contributed by atoms with van der Waals surface area (Å²) in [5.74, 6) is 1.40. The maximum atomic E-state index is 13.8. The number of benzene rings is 1. The molecule has 3 rings (SSSR count). The Bertz CT molecular complexity index is 619. The molecule has 0 atom stereocenters. The maximum absolute atomic E-state index is 13.8. The minimum Gasteiger partial charge on any atom is -0.381 e. The zero-order chi connectivity index (χ0) is 19.0. The third-order valence-corrected chi connectivity index (χ3v) is 5.51. The highest BCUT2D eigenvalue weighted by molar-refractivity contribution is 14.0. The van der Waals surface area contributed by atoms with Crippen LogP contribution in [0.2, 0.25) is 0 Å². The molecule has 0 radical (unpaired) electrons. The Balaban J connectivity index is 0.00000280. The Kier molecular flexibility index (Phi) is 9.94. The van der Waals surface area contributed by atoms with Gasteiger partial charge in [0.2, 0.25) is 0 Å². The number of aliphatic imine (C=N–C) groups is 1. The van der Waals surface area contributed by atoms with E-state index < -0.39 is 0 Å². The standard InChI is InChI=1S/C21H32FN3O2.HI/c1-23-20(24-10-3-11-27-15-17-6-7-17)25-16-21(8-12-26-13-9-21)18-4-2-5-19(22)14-18;/h2,4-5,14,17H,3,6-13,15-16H2,1H3,(H2,23,24,25);1H. The normalized spacial score (nSPS) is 19.0. The Morgan fingerprint density at radius 3 is 2.75 bits per heavy atom. The van der Waals surface area contributed by atoms with Crippen molar-refractivity contribution in [2.75, 3.05) is 46.6 Å². The summed E-state index contributed by atoms with van der Waals surface area (Å²) < 4.78 is 25.0. The molecular weight excluding hydrogens is 472 g/mol. The Morgan fingerprint density at radius 1 is 1.29 bits per heavy atom. The van der Waals surface area contributed by atoms with Crippen LogP contribution in [0.1, 0.15) is 37.7 Å². The van der Waals surface area contributed by atoms with Crippen LogP contribution in [0.3, 0.4) is 0 Å². The quantitative estimate of drug-likeness (QED) is 0.234. The maximum Gasteiger partial charge on any atom is 0.191 e. The van der Waals surface area contributed by atoms with Gasteiger partial charge in [-0.3, -0.25) is 4.99 Å². The van der Waals surface area contributed by atoms with E-state index in [1.807, 2.05) is 6.07 Å². The second-order valence-corrected chi connectivity index (χ2v) is 7.63. The van der Waals surface area contributed by atoms with E-state index in [-0.39, 0.29) is 35.2 Å². The molecule has 28 heavy (non-hydrogen) atoms. The number of nitrogens with one attached hydrogen (secondary N) is 2. The monoisotopic (exact) mass is 505 g/mol. The minimum absolute atomic E-state index is 0. The van der Waals surface area contributed by atoms with Gasteiger partial charge in [-0.2, -0.15) is 0 Å². The van der Waals surface area contributed by atoms with Crippen LogP contribution in [-0.4, -0.2) is 52.5 Å². The zero-order valence-electron chi connectivity index (χ0n) is 16.7. The summed E-state index contributed by atoms with van der Waals surface area (Å²) in [6.45, 7) is 4.61. The zero-order valence-corrected chi connectivity index (χ0v) is 19.0. The van der Waals surface area contributed by atoms with Crippen LogP contribution in [0.4, 0.5) is 4.39 Å². The molecule has 1 aromatic rings. The summed E-state index contributed by atoms with van der Waals surface area (Å²) in [5, 5.41) is 6.78. The molecule has 0 spiro atoms. The predicted molar refractivity (Wildman–Crippen MR) is 121 cm³/mol. The van der Waals surface area contributed by atoms with Crippen molar-refractivity contribution in [3.8, 4) is 0 Å². The van der Waals surface area contributed by atoms with E-state index in [9.17, 15) is 4.39 Å². The summed E-state index contributed by atoms with van der Waals surface area (Å²) in [4.78, 5) is 4.32. The molecule has 5 nitrogen and oxygen atoms in total. The molecule has 1 aliphatic carbocycles. The summed E-state index contributed by atoms with van der Waals surface area (Å²) >= 11 is 0. The van der Waals surface area contributed by atoms with Crippen LogP contribution >= 0.6 is 24.0 Å². The molecule has 1 saturated heterocycles. The van der Waals surface area contributed by atoms with Gasteiger partial charge >= 0.3 is 0 Å². The van der Waals surface area contributed by atoms with Gasteiger partial charge in [-0.25, -0.2) is 4.39 Å². The topological polar surface area (TPSA) is 54.9 Å². The van der Waals surface area contributed by atoms with E-state index in [2.05, 4.69) is 15.6 Å². The van der Waals surface area contributed by atoms with Crippen molar-refractivity contribution in [1.29, 1.82) is 0 Å². The number of ether oxygens (including phenoxy) is 2. The second kappa shape index (κ2) is 11.9. The van der Waals surface area contributed by atoms with E-state index in [0.29, 0.717) is 19.8 Å². The van der Waals surface area contributed by atoms with Gasteiger partial charge in [-0.1, -0.05) is 12.1 Å². The van der Waals surface area contributed by atoms with E-state index in [1.54, 1.807) is 19.2 Å². The molecule has 1 aliphatic heterocycles. The van der Waals surface area contributed by atoms with E-state index in [4.69, 9.17) is 9.47 Å². The number of guanidine groups is 1. The van der Waals surface area contributed by atoms with Gasteiger partial charge in [0.05, 0.1) is 0 Å². The molecule has 1 saturated carbocycles. The lowest BCUT2D eigenvalue weighted by Gasteiger charge is -2.38. The van der Waals surface area contributed by atoms with Crippen LogP contribution in [0.15, 0.2) is 29.3 Å². The lowest BCUT2D eigenvalue weighted by molar-refractivity contribution is 0.0512. The fourth-order valence-electron chi connectivity index (χ4n) is 3.54. The number of halogens is 2. The van der Waals surface area contributed by atoms with Gasteiger partial charge in [0.1, 0.15) is 5.82 Å². The van der Waals surface area contributed by atoms with Crippen LogP contribution in [0.25, 0.3) is 0 Å². The van der Waals surface area contributed by atoms with Gasteiger partial charge in [0.15, 0.2) is 5.96 Å². The lowest BCUT2D eigenvalue weighted by Crippen LogP contribution is -2.48. The number of nitrogens with zero attached hydrogens (tertiary/aromatic N) is 1. The van der Waals surface area contributed by atoms with Gasteiger partial charge in [0, 0.05) is 52.0 Å². The van der Waals surface area contributed by atoms with Crippen molar-refractivity contribution < 1.29 is 13.9 Å². The second-order valence-electron chi connectivity index (χ2n) is 7.63. The van der Waals surface area contributed by atoms with E-state index >= 15 is 0 Å². The highest BCUT2D eigenvalue weighted by Crippen LogP contribution is 2.34. The van der Waals surface area contributed by atoms with Gasteiger partial charge in [-0.15, -0.1) is 24.0 Å². The van der Waals surface area contributed by atoms with Gasteiger partial charge in [-0.05, 0) is 55.7 Å². The molecule has 2 N–H and O–H groups in total. The fraction of sp³-hybridized carbons (Fsp3) is 0.667. The van der Waals surface area contributed by atoms with Crippen LogP contribution in [0.5, 0.6) is 0 Å². The first-order chi connectivity index (χ1) is 13.2. The number of hydrogen-bond donors (Lipinski definition) is 2. The summed E-state index contributed by atoms with van der Waals surface area (Å²) in [6.07, 6.45) is 5.35. The van der Waals surface area contributed by atoms with Crippen LogP contribution < -0.4 is 10.6 Å². The highest BCUT2D eigenvalue weighted by Gasteiger charge is 2.34. The first-order valence-electron chi connectivity index (χ1n) is 10.1. The van der Waals surface area contributed by atoms with Gasteiger partial charge in [0.25, 0.3) is 0 Å². The first kappa shape index (κ1) is 23.3. The average molecular weight is 505 g/mol. The van der Waals surface area contributed by atoms with Crippen molar-refractivity contribution in [1.82, 2.24) is 10.6 Å². The molecule has 0 unspecified atom stereocenters. The average Bonchev–Trinajstić information content (AvgIpc) is 3.52. The first-order valence-corrected chi connectivity index (χ1v) is 10.1. The predicted octanol–water partition coefficient (Wildman–Crippen LogP) is 3.47. The molecular formula is C21H33FIN3O2. The van der Waals surface area contributed by atoms with E-state index in [0.717, 1.165) is 56.5 Å². The van der Waals surface area contributed by atoms with Crippen LogP contribution in [-0.2, 0) is 14.9 Å². The smallest absolute Gasteiger partial charge is 0.191 e. The van der Waals surface area contributed by atoms with Crippen molar-refractivity contribution in [3.05, 3.63) is 35.6 Å². The molecule has 2 fully saturated rings. The summed E-state index contributed by atoms with van der Waals surface area (Å²) in [5.41, 5.74) is 0.896. The minimum atomic E-state index is -0.188. The van der Waals surface area contributed by atoms with E-state index in [1.165, 1.54) is 18.9 Å². The molecule has 7 heteroatoms. The lowest BCUT2D eigenvalue weighted by atomic mass is 9.74. The summed E-state index contributed by atoms with van der Waals surface area (Å²) in [7, 11) is 1.78. The van der Waals surface area contributed by atoms with Crippen molar-refractivity contribution in [2.45, 2.75) is 37.5 Å². The Hall–Kier alpha value is -0.930. The van der Waals surface area contributed by atoms with Crippen LogP contribution in [0, 0.1) is 11.7 Å². The van der Waals surface area contributed by atoms with Crippen molar-refractivity contribution >= 4 is 29.9 Å². The SMILES string of the molecule is CN=C(NCCCOCC1CC1)NCC1(c2cccc(F)c2)CCOCC1.I. The molecule has 1 heterocycles. The number of rotatable bonds is 9. The third-order valence-electron chi connectivity index (χ3n) is 5.51. The largest absolute Gasteiger partial charge is 0.381 e. The van der Waals surface area contributed by atoms with Crippen molar-refractivity contribution in [3.63, 3.8) is 0 Å². The molecule has 158 valence electrons. The molecule has 1 aromatic carbocycles.